The maximum atomic E-state index is 5.55. The maximum absolute atomic E-state index is 5.55. The predicted molar refractivity (Wildman–Crippen MR) is 70.6 cm³/mol. The fourth-order valence-corrected chi connectivity index (χ4v) is 3.10. The van der Waals surface area contributed by atoms with E-state index in [0.29, 0.717) is 11.8 Å². The first-order valence-corrected chi connectivity index (χ1v) is 7.03. The van der Waals surface area contributed by atoms with Crippen LogP contribution in [0.25, 0.3) is 10.8 Å². The molecule has 0 aliphatic carbocycles. The minimum atomic E-state index is 0.572. The van der Waals surface area contributed by atoms with Crippen LogP contribution in [0.1, 0.15) is 5.89 Å². The molecule has 86 valence electrons. The summed E-state index contributed by atoms with van der Waals surface area (Å²) in [4.78, 5) is 0.960. The zero-order valence-corrected chi connectivity index (χ0v) is 12.4. The van der Waals surface area contributed by atoms with Crippen molar-refractivity contribution in [3.05, 3.63) is 20.2 Å². The lowest BCUT2D eigenvalue weighted by Crippen LogP contribution is -2.10. The third-order valence-corrected chi connectivity index (χ3v) is 5.16. The number of hydrogen-bond acceptors (Lipinski definition) is 5. The van der Waals surface area contributed by atoms with E-state index in [9.17, 15) is 0 Å². The van der Waals surface area contributed by atoms with Crippen molar-refractivity contribution in [2.45, 2.75) is 6.42 Å². The number of nitrogens with one attached hydrogen (secondary N) is 1. The first-order chi connectivity index (χ1) is 7.70. The largest absolute Gasteiger partial charge is 0.420 e. The van der Waals surface area contributed by atoms with Gasteiger partial charge < -0.3 is 9.73 Å². The van der Waals surface area contributed by atoms with Crippen molar-refractivity contribution in [2.24, 2.45) is 0 Å². The molecule has 2 heterocycles. The van der Waals surface area contributed by atoms with Crippen LogP contribution in [0.15, 0.2) is 18.7 Å². The summed E-state index contributed by atoms with van der Waals surface area (Å²) >= 11 is 8.42. The van der Waals surface area contributed by atoms with Crippen molar-refractivity contribution < 1.29 is 4.42 Å². The van der Waals surface area contributed by atoms with Crippen molar-refractivity contribution in [3.8, 4) is 10.8 Å². The van der Waals surface area contributed by atoms with Crippen molar-refractivity contribution in [2.75, 3.05) is 13.6 Å². The number of thiophene rings is 1. The van der Waals surface area contributed by atoms with Crippen LogP contribution in [0.2, 0.25) is 0 Å². The highest BCUT2D eigenvalue weighted by Gasteiger charge is 2.12. The van der Waals surface area contributed by atoms with E-state index >= 15 is 0 Å². The quantitative estimate of drug-likeness (QED) is 0.903. The van der Waals surface area contributed by atoms with Gasteiger partial charge in [0.2, 0.25) is 5.89 Å². The van der Waals surface area contributed by atoms with Gasteiger partial charge in [-0.05, 0) is 45.0 Å². The molecule has 0 fully saturated rings. The smallest absolute Gasteiger partial charge is 0.257 e. The number of rotatable bonds is 4. The lowest BCUT2D eigenvalue weighted by Gasteiger charge is -1.91. The number of likely N-dealkylation sites (N-methyl/N-ethyl adjacent to an activating group) is 1. The van der Waals surface area contributed by atoms with Crippen LogP contribution in [0.5, 0.6) is 0 Å². The molecule has 4 nitrogen and oxygen atoms in total. The summed E-state index contributed by atoms with van der Waals surface area (Å²) in [6.45, 7) is 0.833. The van der Waals surface area contributed by atoms with Crippen molar-refractivity contribution in [1.29, 1.82) is 0 Å². The first kappa shape index (κ1) is 12.2. The minimum Gasteiger partial charge on any atom is -0.420 e. The molecule has 0 spiro atoms. The Kier molecular flexibility index (Phi) is 4.12. The molecule has 2 aromatic rings. The van der Waals surface area contributed by atoms with Crippen LogP contribution in [-0.2, 0) is 6.42 Å². The van der Waals surface area contributed by atoms with Crippen LogP contribution >= 0.6 is 43.2 Å². The minimum absolute atomic E-state index is 0.572. The van der Waals surface area contributed by atoms with Gasteiger partial charge in [0, 0.05) is 17.4 Å². The molecule has 2 aromatic heterocycles. The molecule has 1 N–H and O–H groups in total. The van der Waals surface area contributed by atoms with Gasteiger partial charge in [-0.2, -0.15) is 0 Å². The van der Waals surface area contributed by atoms with Crippen LogP contribution < -0.4 is 5.32 Å². The summed E-state index contributed by atoms with van der Waals surface area (Å²) in [5.74, 6) is 1.23. The van der Waals surface area contributed by atoms with E-state index in [2.05, 4.69) is 47.4 Å². The fraction of sp³-hybridized carbons (Fsp3) is 0.333. The third-order valence-electron chi connectivity index (χ3n) is 1.91. The van der Waals surface area contributed by atoms with E-state index in [1.54, 1.807) is 11.3 Å². The van der Waals surface area contributed by atoms with Crippen LogP contribution in [0.4, 0.5) is 0 Å². The second-order valence-corrected chi connectivity index (χ2v) is 6.31. The molecule has 0 radical (unpaired) electrons. The second kappa shape index (κ2) is 5.39. The predicted octanol–water partition coefficient (Wildman–Crippen LogP) is 3.09. The maximum Gasteiger partial charge on any atom is 0.257 e. The van der Waals surface area contributed by atoms with E-state index in [1.807, 2.05) is 13.1 Å². The Morgan fingerprint density at radius 2 is 2.25 bits per heavy atom. The topological polar surface area (TPSA) is 51.0 Å². The molecule has 7 heteroatoms. The van der Waals surface area contributed by atoms with Gasteiger partial charge in [0.1, 0.15) is 0 Å². The van der Waals surface area contributed by atoms with Gasteiger partial charge >= 0.3 is 0 Å². The molecular weight excluding hydrogens is 358 g/mol. The second-order valence-electron chi connectivity index (χ2n) is 3.09. The van der Waals surface area contributed by atoms with Crippen LogP contribution in [0.3, 0.4) is 0 Å². The van der Waals surface area contributed by atoms with E-state index in [0.717, 1.165) is 26.1 Å². The highest BCUT2D eigenvalue weighted by molar-refractivity contribution is 9.13. The van der Waals surface area contributed by atoms with Crippen LogP contribution in [0, 0.1) is 0 Å². The number of nitrogens with zero attached hydrogens (tertiary/aromatic N) is 2. The summed E-state index contributed by atoms with van der Waals surface area (Å²) in [5, 5.41) is 11.0. The first-order valence-electron chi connectivity index (χ1n) is 4.63. The molecule has 0 aliphatic heterocycles. The van der Waals surface area contributed by atoms with Gasteiger partial charge in [0.15, 0.2) is 0 Å². The highest BCUT2D eigenvalue weighted by Crippen LogP contribution is 2.37. The van der Waals surface area contributed by atoms with Gasteiger partial charge in [-0.15, -0.1) is 21.5 Å². The molecule has 0 bridgehead atoms. The molecule has 0 saturated carbocycles. The zero-order chi connectivity index (χ0) is 11.5. The number of halogens is 2. The summed E-state index contributed by atoms with van der Waals surface area (Å²) in [7, 11) is 1.89. The van der Waals surface area contributed by atoms with Gasteiger partial charge in [-0.3, -0.25) is 0 Å². The Bertz CT molecular complexity index is 463. The molecule has 0 unspecified atom stereocenters. The Balaban J connectivity index is 2.18. The summed E-state index contributed by atoms with van der Waals surface area (Å²) in [6.07, 6.45) is 0.747. The summed E-state index contributed by atoms with van der Waals surface area (Å²) in [5.41, 5.74) is 0. The molecule has 0 saturated heterocycles. The molecule has 0 aromatic carbocycles. The third kappa shape index (κ3) is 2.71. The van der Waals surface area contributed by atoms with Gasteiger partial charge in [0.05, 0.1) is 8.66 Å². The molecule has 16 heavy (non-hydrogen) atoms. The van der Waals surface area contributed by atoms with E-state index in [-0.39, 0.29) is 0 Å². The fourth-order valence-electron chi connectivity index (χ4n) is 1.14. The van der Waals surface area contributed by atoms with Crippen molar-refractivity contribution in [1.82, 2.24) is 15.5 Å². The Morgan fingerprint density at radius 1 is 1.44 bits per heavy atom. The van der Waals surface area contributed by atoms with Gasteiger partial charge in [-0.1, -0.05) is 0 Å². The monoisotopic (exact) mass is 365 g/mol. The average molecular weight is 367 g/mol. The molecule has 2 rings (SSSR count). The van der Waals surface area contributed by atoms with Crippen molar-refractivity contribution >= 4 is 43.2 Å². The molecular formula is C9H9Br2N3OS. The summed E-state index contributed by atoms with van der Waals surface area (Å²) < 4.78 is 7.57. The van der Waals surface area contributed by atoms with E-state index in [4.69, 9.17) is 4.42 Å². The number of hydrogen-bond donors (Lipinski definition) is 1. The van der Waals surface area contributed by atoms with E-state index in [1.165, 1.54) is 0 Å². The number of aromatic nitrogens is 2. The summed E-state index contributed by atoms with van der Waals surface area (Å²) in [6, 6.07) is 1.96. The van der Waals surface area contributed by atoms with Gasteiger partial charge in [-0.25, -0.2) is 0 Å². The lowest BCUT2D eigenvalue weighted by atomic mass is 10.4. The zero-order valence-electron chi connectivity index (χ0n) is 8.46. The Morgan fingerprint density at radius 3 is 2.88 bits per heavy atom. The highest BCUT2D eigenvalue weighted by atomic mass is 79.9. The molecule has 0 aliphatic rings. The Labute approximate surface area is 114 Å². The molecule has 0 amide bonds. The van der Waals surface area contributed by atoms with Crippen LogP contribution in [-0.4, -0.2) is 23.8 Å². The average Bonchev–Trinajstić information content (AvgIpc) is 2.84. The Hall–Kier alpha value is -0.240. The van der Waals surface area contributed by atoms with E-state index < -0.39 is 0 Å². The SMILES string of the molecule is CNCCc1nnc(-c2cc(Br)c(Br)s2)o1. The van der Waals surface area contributed by atoms with Gasteiger partial charge in [0.25, 0.3) is 5.89 Å². The standard InChI is InChI=1S/C9H9Br2N3OS/c1-12-3-2-7-13-14-9(15-7)6-4-5(10)8(11)16-6/h4,12H,2-3H2,1H3. The lowest BCUT2D eigenvalue weighted by molar-refractivity contribution is 0.501. The molecule has 0 atom stereocenters. The normalized spacial score (nSPS) is 10.9. The van der Waals surface area contributed by atoms with Crippen molar-refractivity contribution in [3.63, 3.8) is 0 Å².